The summed E-state index contributed by atoms with van der Waals surface area (Å²) < 4.78 is 28.3. The van der Waals surface area contributed by atoms with Gasteiger partial charge >= 0.3 is 11.9 Å². The van der Waals surface area contributed by atoms with Crippen LogP contribution in [0.1, 0.15) is 84.8 Å². The number of carbonyl (C=O) groups excluding carboxylic acids is 3. The van der Waals surface area contributed by atoms with E-state index in [1.807, 2.05) is 6.08 Å². The summed E-state index contributed by atoms with van der Waals surface area (Å²) in [6, 6.07) is 5.09. The molecule has 206 valence electrons. The molecule has 9 nitrogen and oxygen atoms in total. The fourth-order valence-corrected chi connectivity index (χ4v) is 5.30. The van der Waals surface area contributed by atoms with Gasteiger partial charge in [0.25, 0.3) is 0 Å². The Hall–Kier alpha value is -4.01. The molecule has 9 heteroatoms. The molecule has 3 heterocycles. The summed E-state index contributed by atoms with van der Waals surface area (Å²) in [7, 11) is 1.51. The molecule has 2 atom stereocenters. The van der Waals surface area contributed by atoms with E-state index >= 15 is 0 Å². The average Bonchev–Trinajstić information content (AvgIpc) is 2.91. The Morgan fingerprint density at radius 3 is 2.62 bits per heavy atom. The van der Waals surface area contributed by atoms with E-state index in [2.05, 4.69) is 0 Å². The maximum absolute atomic E-state index is 13.4. The first-order valence-electron chi connectivity index (χ1n) is 13.3. The van der Waals surface area contributed by atoms with Crippen molar-refractivity contribution < 1.29 is 43.2 Å². The predicted octanol–water partition coefficient (Wildman–Crippen LogP) is 5.09. The number of carbonyl (C=O) groups is 3. The van der Waals surface area contributed by atoms with E-state index in [-0.39, 0.29) is 29.3 Å². The molecule has 0 aliphatic carbocycles. The van der Waals surface area contributed by atoms with Crippen molar-refractivity contribution in [3.8, 4) is 28.7 Å². The lowest BCUT2D eigenvalue weighted by atomic mass is 9.83. The molecule has 39 heavy (non-hydrogen) atoms. The highest BCUT2D eigenvalue weighted by molar-refractivity contribution is 5.98. The molecule has 0 saturated heterocycles. The van der Waals surface area contributed by atoms with Crippen molar-refractivity contribution in [3.63, 3.8) is 0 Å². The van der Waals surface area contributed by atoms with E-state index in [1.54, 1.807) is 31.2 Å². The van der Waals surface area contributed by atoms with E-state index in [0.717, 1.165) is 0 Å². The number of Topliss-reactive ketones (excluding diaryl/α,β-unsaturated/α-hetero) is 1. The number of aromatic hydroxyl groups is 1. The summed E-state index contributed by atoms with van der Waals surface area (Å²) in [4.78, 5) is 38.2. The van der Waals surface area contributed by atoms with Crippen LogP contribution in [0.3, 0.4) is 0 Å². The van der Waals surface area contributed by atoms with Crippen LogP contribution in [0.5, 0.6) is 28.7 Å². The van der Waals surface area contributed by atoms with E-state index < -0.39 is 24.0 Å². The maximum atomic E-state index is 13.4. The monoisotopic (exact) mass is 536 g/mol. The molecule has 2 aromatic carbocycles. The second-order valence-corrected chi connectivity index (χ2v) is 10.0. The molecule has 3 aliphatic rings. The van der Waals surface area contributed by atoms with E-state index in [9.17, 15) is 19.5 Å². The van der Waals surface area contributed by atoms with Crippen molar-refractivity contribution in [3.05, 3.63) is 46.5 Å². The fourth-order valence-electron chi connectivity index (χ4n) is 5.30. The molecule has 0 bridgehead atoms. The minimum atomic E-state index is -0.679. The van der Waals surface area contributed by atoms with Crippen LogP contribution in [0, 0.1) is 0 Å². The summed E-state index contributed by atoms with van der Waals surface area (Å²) in [5.74, 6) is -0.324. The van der Waals surface area contributed by atoms with Crippen LogP contribution in [-0.4, -0.2) is 49.3 Å². The third kappa shape index (κ3) is 5.57. The summed E-state index contributed by atoms with van der Waals surface area (Å²) >= 11 is 0. The first kappa shape index (κ1) is 26.6. The molecule has 0 spiro atoms. The Morgan fingerprint density at radius 2 is 1.79 bits per heavy atom. The Kier molecular flexibility index (Phi) is 7.77. The fraction of sp³-hybridized carbons (Fsp3) is 0.433. The van der Waals surface area contributed by atoms with Gasteiger partial charge in [0.1, 0.15) is 36.1 Å². The largest absolute Gasteiger partial charge is 0.507 e. The highest BCUT2D eigenvalue weighted by Crippen LogP contribution is 2.50. The zero-order valence-corrected chi connectivity index (χ0v) is 22.1. The van der Waals surface area contributed by atoms with Crippen LogP contribution in [0.15, 0.2) is 24.3 Å². The molecule has 0 radical (unpaired) electrons. The second kappa shape index (κ2) is 11.4. The lowest BCUT2D eigenvalue weighted by Gasteiger charge is -2.29. The highest BCUT2D eigenvalue weighted by atomic mass is 16.6. The number of benzene rings is 2. The molecule has 2 aromatic rings. The Morgan fingerprint density at radius 1 is 1.00 bits per heavy atom. The van der Waals surface area contributed by atoms with Crippen LogP contribution in [0.4, 0.5) is 0 Å². The van der Waals surface area contributed by atoms with E-state index in [4.69, 9.17) is 23.7 Å². The van der Waals surface area contributed by atoms with Gasteiger partial charge in [-0.2, -0.15) is 0 Å². The van der Waals surface area contributed by atoms with E-state index in [0.29, 0.717) is 85.7 Å². The van der Waals surface area contributed by atoms with Crippen LogP contribution in [-0.2, 0) is 14.3 Å². The number of allylic oxidation sites excluding steroid dienone is 1. The number of phenolic OH excluding ortho intramolecular Hbond substituents is 1. The molecule has 2 unspecified atom stereocenters. The normalized spacial score (nSPS) is 22.5. The molecule has 0 amide bonds. The zero-order chi connectivity index (χ0) is 27.5. The maximum Gasteiger partial charge on any atom is 0.342 e. The number of hydrogen-bond donors (Lipinski definition) is 1. The van der Waals surface area contributed by atoms with Crippen LogP contribution < -0.4 is 18.9 Å². The van der Waals surface area contributed by atoms with Gasteiger partial charge in [0.15, 0.2) is 11.5 Å². The third-order valence-electron chi connectivity index (χ3n) is 7.23. The summed E-state index contributed by atoms with van der Waals surface area (Å²) in [5, 5.41) is 11.6. The number of cyclic esters (lactones) is 1. The van der Waals surface area contributed by atoms with Crippen molar-refractivity contribution in [2.24, 2.45) is 0 Å². The Bertz CT molecular complexity index is 1310. The number of methoxy groups -OCH3 is 1. The minimum Gasteiger partial charge on any atom is -0.507 e. The SMILES string of the molecule is COc1cc(C2CC(=O)Oc3cc4c(c(O)c32)C(=O)OC(C)CCCC(=O)CCC/C=C/4)cc2c1OCCO2. The minimum absolute atomic E-state index is 0.0115. The predicted molar refractivity (Wildman–Crippen MR) is 141 cm³/mol. The van der Waals surface area contributed by atoms with Crippen molar-refractivity contribution in [2.45, 2.75) is 63.9 Å². The van der Waals surface area contributed by atoms with Gasteiger partial charge in [-0.3, -0.25) is 9.59 Å². The number of fused-ring (bicyclic) bond motifs is 3. The highest BCUT2D eigenvalue weighted by Gasteiger charge is 2.36. The standard InChI is InChI=1S/C30H32O9/c1-17-7-6-10-20(31)9-5-3-4-8-18-13-22-27(28(33)26(18)30(34)38-17)21(16-25(32)39-22)19-14-23(35-2)29-24(15-19)36-11-12-37-29/h4,8,13-15,17,21,33H,3,5-7,9-12,16H2,1-2H3/b8-4+. The molecule has 5 rings (SSSR count). The van der Waals surface area contributed by atoms with Gasteiger partial charge in [-0.05, 0) is 61.9 Å². The quantitative estimate of drug-likeness (QED) is 0.413. The molecular formula is C30H32O9. The topological polar surface area (TPSA) is 118 Å². The average molecular weight is 537 g/mol. The first-order valence-corrected chi connectivity index (χ1v) is 13.3. The van der Waals surface area contributed by atoms with Gasteiger partial charge in [-0.15, -0.1) is 0 Å². The van der Waals surface area contributed by atoms with Crippen molar-refractivity contribution in [2.75, 3.05) is 20.3 Å². The second-order valence-electron chi connectivity index (χ2n) is 10.0. The van der Waals surface area contributed by atoms with Crippen LogP contribution in [0.25, 0.3) is 6.08 Å². The number of hydrogen-bond acceptors (Lipinski definition) is 9. The molecule has 0 saturated carbocycles. The molecule has 3 aliphatic heterocycles. The van der Waals surface area contributed by atoms with Gasteiger partial charge in [0, 0.05) is 24.3 Å². The van der Waals surface area contributed by atoms with Crippen molar-refractivity contribution in [1.82, 2.24) is 0 Å². The Labute approximate surface area is 226 Å². The summed E-state index contributed by atoms with van der Waals surface area (Å²) in [6.45, 7) is 2.52. The third-order valence-corrected chi connectivity index (χ3v) is 7.23. The number of rotatable bonds is 2. The lowest BCUT2D eigenvalue weighted by Crippen LogP contribution is -2.24. The van der Waals surface area contributed by atoms with Crippen LogP contribution in [0.2, 0.25) is 0 Å². The first-order chi connectivity index (χ1) is 18.9. The lowest BCUT2D eigenvalue weighted by molar-refractivity contribution is -0.135. The smallest absolute Gasteiger partial charge is 0.342 e. The Balaban J connectivity index is 1.61. The zero-order valence-electron chi connectivity index (χ0n) is 22.1. The number of esters is 2. The summed E-state index contributed by atoms with van der Waals surface area (Å²) in [5.41, 5.74) is 1.35. The molecule has 0 aromatic heterocycles. The van der Waals surface area contributed by atoms with E-state index in [1.165, 1.54) is 7.11 Å². The van der Waals surface area contributed by atoms with Gasteiger partial charge in [-0.1, -0.05) is 12.2 Å². The molecular weight excluding hydrogens is 504 g/mol. The van der Waals surface area contributed by atoms with Crippen molar-refractivity contribution in [1.29, 1.82) is 0 Å². The number of ketones is 1. The van der Waals surface area contributed by atoms with Gasteiger partial charge in [0.2, 0.25) is 5.75 Å². The van der Waals surface area contributed by atoms with Gasteiger partial charge in [0.05, 0.1) is 19.6 Å². The van der Waals surface area contributed by atoms with Crippen molar-refractivity contribution >= 4 is 23.8 Å². The number of phenols is 1. The van der Waals surface area contributed by atoms with Gasteiger partial charge < -0.3 is 28.8 Å². The van der Waals surface area contributed by atoms with Crippen LogP contribution >= 0.6 is 0 Å². The number of ether oxygens (including phenoxy) is 5. The van der Waals surface area contributed by atoms with Gasteiger partial charge in [-0.25, -0.2) is 4.79 Å². The molecule has 1 N–H and O–H groups in total. The molecule has 0 fully saturated rings. The summed E-state index contributed by atoms with van der Waals surface area (Å²) in [6.07, 6.45) is 6.43.